The third-order valence-electron chi connectivity index (χ3n) is 4.80. The lowest BCUT2D eigenvalue weighted by Crippen LogP contribution is -2.21. The Balaban J connectivity index is 1.84. The molecule has 4 unspecified atom stereocenters. The average molecular weight is 194 g/mol. The van der Waals surface area contributed by atoms with Gasteiger partial charge in [-0.05, 0) is 42.9 Å². The summed E-state index contributed by atoms with van der Waals surface area (Å²) in [7, 11) is 0. The maximum atomic E-state index is 2.44. The van der Waals surface area contributed by atoms with Crippen molar-refractivity contribution >= 4 is 0 Å². The van der Waals surface area contributed by atoms with Crippen LogP contribution in [0, 0.1) is 23.7 Å². The molecule has 0 heterocycles. The third kappa shape index (κ3) is 2.32. The second kappa shape index (κ2) is 4.68. The molecule has 0 N–H and O–H groups in total. The lowest BCUT2D eigenvalue weighted by atomic mass is 9.73. The molecule has 0 spiro atoms. The zero-order valence-corrected chi connectivity index (χ0v) is 9.97. The molecule has 0 aromatic rings. The first-order valence-corrected chi connectivity index (χ1v) is 6.79. The van der Waals surface area contributed by atoms with Crippen LogP contribution in [0.5, 0.6) is 0 Å². The second-order valence-corrected chi connectivity index (χ2v) is 5.88. The van der Waals surface area contributed by atoms with Crippen LogP contribution in [0.3, 0.4) is 0 Å². The molecule has 0 aromatic heterocycles. The Morgan fingerprint density at radius 1 is 0.929 bits per heavy atom. The SMILES string of the molecule is CCC1CCCC(C2CCC(C)C2)C1. The van der Waals surface area contributed by atoms with Crippen LogP contribution in [-0.2, 0) is 0 Å². The van der Waals surface area contributed by atoms with Gasteiger partial charge in [-0.25, -0.2) is 0 Å². The standard InChI is InChI=1S/C14H26/c1-3-12-5-4-6-13(10-12)14-8-7-11(2)9-14/h11-14H,3-10H2,1-2H3. The highest BCUT2D eigenvalue weighted by molar-refractivity contribution is 4.83. The van der Waals surface area contributed by atoms with Crippen LogP contribution in [0.25, 0.3) is 0 Å². The molecule has 0 heteroatoms. The first-order valence-electron chi connectivity index (χ1n) is 6.79. The normalized spacial score (nSPS) is 44.1. The fraction of sp³-hybridized carbons (Fsp3) is 1.00. The van der Waals surface area contributed by atoms with Gasteiger partial charge in [0.05, 0.1) is 0 Å². The van der Waals surface area contributed by atoms with Crippen molar-refractivity contribution in [3.8, 4) is 0 Å². The fourth-order valence-electron chi connectivity index (χ4n) is 3.81. The minimum Gasteiger partial charge on any atom is -0.0651 e. The predicted molar refractivity (Wildman–Crippen MR) is 62.2 cm³/mol. The summed E-state index contributed by atoms with van der Waals surface area (Å²) in [6, 6.07) is 0. The smallest absolute Gasteiger partial charge is 0.0383 e. The highest BCUT2D eigenvalue weighted by Gasteiger charge is 2.31. The topological polar surface area (TPSA) is 0 Å². The Bertz CT molecular complexity index is 173. The summed E-state index contributed by atoms with van der Waals surface area (Å²) in [5.41, 5.74) is 0. The summed E-state index contributed by atoms with van der Waals surface area (Å²) in [6.45, 7) is 4.82. The minimum absolute atomic E-state index is 1.03. The first-order chi connectivity index (χ1) is 6.79. The lowest BCUT2D eigenvalue weighted by Gasteiger charge is -2.32. The monoisotopic (exact) mass is 194 g/mol. The Morgan fingerprint density at radius 2 is 1.71 bits per heavy atom. The van der Waals surface area contributed by atoms with Crippen LogP contribution in [0.15, 0.2) is 0 Å². The van der Waals surface area contributed by atoms with Crippen molar-refractivity contribution in [2.75, 3.05) is 0 Å². The zero-order valence-electron chi connectivity index (χ0n) is 9.97. The summed E-state index contributed by atoms with van der Waals surface area (Å²) in [5, 5.41) is 0. The van der Waals surface area contributed by atoms with E-state index in [1.807, 2.05) is 0 Å². The Kier molecular flexibility index (Phi) is 3.52. The van der Waals surface area contributed by atoms with Crippen LogP contribution in [0.1, 0.15) is 65.2 Å². The Morgan fingerprint density at radius 3 is 2.36 bits per heavy atom. The highest BCUT2D eigenvalue weighted by Crippen LogP contribution is 2.43. The van der Waals surface area contributed by atoms with Gasteiger partial charge in [0.1, 0.15) is 0 Å². The number of hydrogen-bond acceptors (Lipinski definition) is 0. The van der Waals surface area contributed by atoms with Gasteiger partial charge in [0.15, 0.2) is 0 Å². The molecular weight excluding hydrogens is 168 g/mol. The molecule has 4 atom stereocenters. The van der Waals surface area contributed by atoms with E-state index in [-0.39, 0.29) is 0 Å². The molecule has 0 nitrogen and oxygen atoms in total. The maximum Gasteiger partial charge on any atom is -0.0383 e. The molecule has 2 aliphatic rings. The van der Waals surface area contributed by atoms with Crippen molar-refractivity contribution in [1.29, 1.82) is 0 Å². The van der Waals surface area contributed by atoms with Crippen LogP contribution in [-0.4, -0.2) is 0 Å². The zero-order chi connectivity index (χ0) is 9.97. The molecule has 82 valence electrons. The van der Waals surface area contributed by atoms with E-state index in [1.54, 1.807) is 25.7 Å². The summed E-state index contributed by atoms with van der Waals surface area (Å²) >= 11 is 0. The van der Waals surface area contributed by atoms with Crippen LogP contribution in [0.4, 0.5) is 0 Å². The second-order valence-electron chi connectivity index (χ2n) is 5.88. The highest BCUT2D eigenvalue weighted by atomic mass is 14.4. The summed E-state index contributed by atoms with van der Waals surface area (Å²) in [5.74, 6) is 4.32. The molecule has 0 bridgehead atoms. The van der Waals surface area contributed by atoms with Gasteiger partial charge in [-0.15, -0.1) is 0 Å². The van der Waals surface area contributed by atoms with Gasteiger partial charge >= 0.3 is 0 Å². The molecule has 0 aromatic carbocycles. The molecule has 2 fully saturated rings. The number of rotatable bonds is 2. The summed E-state index contributed by atoms with van der Waals surface area (Å²) in [6.07, 6.45) is 12.2. The molecule has 2 rings (SSSR count). The van der Waals surface area contributed by atoms with Crippen LogP contribution >= 0.6 is 0 Å². The van der Waals surface area contributed by atoms with E-state index in [0.717, 1.165) is 23.7 Å². The summed E-state index contributed by atoms with van der Waals surface area (Å²) < 4.78 is 0. The molecule has 2 saturated carbocycles. The van der Waals surface area contributed by atoms with E-state index in [9.17, 15) is 0 Å². The van der Waals surface area contributed by atoms with E-state index in [4.69, 9.17) is 0 Å². The van der Waals surface area contributed by atoms with Gasteiger partial charge in [0.25, 0.3) is 0 Å². The quantitative estimate of drug-likeness (QED) is 0.601. The maximum absolute atomic E-state index is 2.44. The lowest BCUT2D eigenvalue weighted by molar-refractivity contribution is 0.191. The third-order valence-corrected chi connectivity index (χ3v) is 4.80. The minimum atomic E-state index is 1.03. The van der Waals surface area contributed by atoms with Crippen LogP contribution < -0.4 is 0 Å². The largest absolute Gasteiger partial charge is 0.0651 e. The van der Waals surface area contributed by atoms with Crippen molar-refractivity contribution in [3.63, 3.8) is 0 Å². The molecule has 0 saturated heterocycles. The van der Waals surface area contributed by atoms with Gasteiger partial charge in [0.2, 0.25) is 0 Å². The Labute approximate surface area is 89.5 Å². The van der Waals surface area contributed by atoms with Crippen LogP contribution in [0.2, 0.25) is 0 Å². The van der Waals surface area contributed by atoms with E-state index >= 15 is 0 Å². The Hall–Kier alpha value is 0. The van der Waals surface area contributed by atoms with Gasteiger partial charge in [-0.1, -0.05) is 46.0 Å². The number of hydrogen-bond donors (Lipinski definition) is 0. The van der Waals surface area contributed by atoms with Gasteiger partial charge < -0.3 is 0 Å². The van der Waals surface area contributed by atoms with E-state index in [0.29, 0.717) is 0 Å². The van der Waals surface area contributed by atoms with Crippen molar-refractivity contribution in [1.82, 2.24) is 0 Å². The molecule has 0 amide bonds. The van der Waals surface area contributed by atoms with Crippen molar-refractivity contribution in [2.24, 2.45) is 23.7 Å². The van der Waals surface area contributed by atoms with E-state index in [1.165, 1.54) is 25.7 Å². The van der Waals surface area contributed by atoms with Crippen molar-refractivity contribution in [2.45, 2.75) is 65.2 Å². The molecule has 0 aliphatic heterocycles. The molecule has 2 aliphatic carbocycles. The molecule has 0 radical (unpaired) electrons. The van der Waals surface area contributed by atoms with Gasteiger partial charge in [-0.3, -0.25) is 0 Å². The average Bonchev–Trinajstić information content (AvgIpc) is 2.65. The first kappa shape index (κ1) is 10.5. The molecule has 14 heavy (non-hydrogen) atoms. The predicted octanol–water partition coefficient (Wildman–Crippen LogP) is 4.64. The van der Waals surface area contributed by atoms with Crippen molar-refractivity contribution in [3.05, 3.63) is 0 Å². The van der Waals surface area contributed by atoms with Crippen molar-refractivity contribution < 1.29 is 0 Å². The van der Waals surface area contributed by atoms with E-state index < -0.39 is 0 Å². The van der Waals surface area contributed by atoms with E-state index in [2.05, 4.69) is 13.8 Å². The van der Waals surface area contributed by atoms with Gasteiger partial charge in [0, 0.05) is 0 Å². The van der Waals surface area contributed by atoms with Gasteiger partial charge in [-0.2, -0.15) is 0 Å². The fourth-order valence-corrected chi connectivity index (χ4v) is 3.81. The summed E-state index contributed by atoms with van der Waals surface area (Å²) in [4.78, 5) is 0. The molecular formula is C14H26.